The molecule has 0 aliphatic rings. The first kappa shape index (κ1) is 83.2. The van der Waals surface area contributed by atoms with E-state index in [0.717, 1.165) is 89.2 Å². The number of hydrogen-bond acceptors (Lipinski definition) is 11. The minimum absolute atomic E-state index is 0.581. The topological polar surface area (TPSA) is 134 Å². The van der Waals surface area contributed by atoms with Crippen LogP contribution in [-0.2, 0) is 0 Å². The standard InChI is InChI=1S/C45H29N3.C44H27N5S.C39H25N3/c1-3-13-30(14-4-1)43-46-44(31-15-5-2-6-16-31)48-45(47-43)36-20-12-19-34(28-36)32-17-11-18-33(27-32)35-25-26-41-39-23-8-7-21-37(39)38-22-9-10-24-40(38)42(41)29-35;1-3-12-28(13-4-1)42-46-43(29-14-5-2-6-15-29)48-44(47-42)31-23-25-40(45-27-31)49-37-20-9-7-16-33(37)34-24-22-30(26-38(34)49)32-18-11-19-36-35-17-8-10-21-39(35)50-41(32)36;1-3-12-26(13-4-1)37-40-38(27-14-5-2-6-15-27)42-39(41-37)30-17-11-16-28(24-30)29-22-23-35-33-20-8-7-18-31(33)32-19-9-10-21-34(32)36(35)25-29/h1-29H;1-27H;1-25H. The maximum atomic E-state index is 5.05. The molecule has 6 heterocycles. The largest absolute Gasteiger partial charge is 0.294 e. The minimum atomic E-state index is 0.581. The van der Waals surface area contributed by atoms with E-state index in [9.17, 15) is 0 Å². The molecule has 0 spiro atoms. The predicted molar refractivity (Wildman–Crippen MR) is 580 cm³/mol. The van der Waals surface area contributed by atoms with Gasteiger partial charge >= 0.3 is 0 Å². The van der Waals surface area contributed by atoms with Crippen molar-refractivity contribution in [2.75, 3.05) is 0 Å². The van der Waals surface area contributed by atoms with Crippen molar-refractivity contribution in [3.8, 4) is 153 Å². The lowest BCUT2D eigenvalue weighted by molar-refractivity contribution is 1.05. The van der Waals surface area contributed by atoms with Gasteiger partial charge in [-0.15, -0.1) is 11.3 Å². The Morgan fingerprint density at radius 1 is 0.150 bits per heavy atom. The van der Waals surface area contributed by atoms with E-state index in [-0.39, 0.29) is 0 Å². The maximum Gasteiger partial charge on any atom is 0.165 e. The molecule has 0 atom stereocenters. The predicted octanol–water partition coefficient (Wildman–Crippen LogP) is 33.1. The average molecular weight is 1810 g/mol. The number of thiophene rings is 1. The zero-order valence-corrected chi connectivity index (χ0v) is 76.4. The second kappa shape index (κ2) is 36.3. The third kappa shape index (κ3) is 15.9. The highest BCUT2D eigenvalue weighted by Gasteiger charge is 2.23. The van der Waals surface area contributed by atoms with Gasteiger partial charge in [0.15, 0.2) is 52.4 Å². The Bertz CT molecular complexity index is 9190. The van der Waals surface area contributed by atoms with Crippen LogP contribution >= 0.6 is 11.3 Å². The number of hydrogen-bond donors (Lipinski definition) is 0. The van der Waals surface area contributed by atoms with Crippen LogP contribution in [0.5, 0.6) is 0 Å². The van der Waals surface area contributed by atoms with E-state index >= 15 is 0 Å². The smallest absolute Gasteiger partial charge is 0.165 e. The van der Waals surface area contributed by atoms with Crippen LogP contribution in [0.1, 0.15) is 0 Å². The number of rotatable bonds is 14. The number of fused-ring (bicyclic) bond motifs is 18. The van der Waals surface area contributed by atoms with E-state index in [2.05, 4.69) is 308 Å². The molecule has 27 rings (SSSR count). The SMILES string of the molecule is c1ccc(-c2nc(-c3ccccc3)nc(-c3ccc(-n4c5ccccc5c5ccc(-c6cccc7c6sc6ccccc67)cc54)nc3)n2)cc1.c1ccc(-c2nc(-c3ccccc3)nc(-c3cccc(-c4ccc5c6ccccc6c6ccccc6c5c4)c3)n2)cc1.c1ccc(-c2nc(-c3ccccc3)nc(-c3cccc(-c4cccc(-c5ccc6c7ccccc7c7ccccc7c6c5)c4)c3)n2)cc1. The van der Waals surface area contributed by atoms with Crippen molar-refractivity contribution in [1.82, 2.24) is 54.4 Å². The van der Waals surface area contributed by atoms with Crippen LogP contribution in [0, 0.1) is 0 Å². The lowest BCUT2D eigenvalue weighted by Crippen LogP contribution is -2.01. The first-order valence-electron chi connectivity index (χ1n) is 46.9. The van der Waals surface area contributed by atoms with Crippen molar-refractivity contribution < 1.29 is 0 Å². The van der Waals surface area contributed by atoms with Crippen LogP contribution in [0.25, 0.3) is 259 Å². The van der Waals surface area contributed by atoms with Crippen LogP contribution in [0.3, 0.4) is 0 Å². The summed E-state index contributed by atoms with van der Waals surface area (Å²) in [5, 5.41) is 20.3. The van der Waals surface area contributed by atoms with Crippen molar-refractivity contribution in [2.45, 2.75) is 0 Å². The summed E-state index contributed by atoms with van der Waals surface area (Å²) < 4.78 is 4.88. The van der Waals surface area contributed by atoms with Crippen LogP contribution in [0.15, 0.2) is 492 Å². The van der Waals surface area contributed by atoms with Gasteiger partial charge in [-0.2, -0.15) is 0 Å². The summed E-state index contributed by atoms with van der Waals surface area (Å²) in [7, 11) is 0. The first-order chi connectivity index (χ1) is 69.4. The van der Waals surface area contributed by atoms with Crippen molar-refractivity contribution in [3.05, 3.63) is 492 Å². The van der Waals surface area contributed by atoms with Gasteiger partial charge in [-0.25, -0.2) is 49.8 Å². The molecule has 0 unspecified atom stereocenters. The molecule has 0 fully saturated rings. The molecule has 11 nitrogen and oxygen atoms in total. The molecule has 140 heavy (non-hydrogen) atoms. The van der Waals surface area contributed by atoms with Gasteiger partial charge in [-0.1, -0.05) is 425 Å². The highest BCUT2D eigenvalue weighted by molar-refractivity contribution is 7.26. The zero-order chi connectivity index (χ0) is 92.8. The second-order valence-corrected chi connectivity index (χ2v) is 35.9. The molecule has 0 radical (unpaired) electrons. The Labute approximate surface area is 810 Å². The van der Waals surface area contributed by atoms with Gasteiger partial charge in [0.25, 0.3) is 0 Å². The lowest BCUT2D eigenvalue weighted by atomic mass is 9.91. The lowest BCUT2D eigenvalue weighted by Gasteiger charge is -2.13. The minimum Gasteiger partial charge on any atom is -0.294 e. The van der Waals surface area contributed by atoms with E-state index in [1.165, 1.54) is 118 Å². The monoisotopic (exact) mass is 1800 g/mol. The summed E-state index contributed by atoms with van der Waals surface area (Å²) in [4.78, 5) is 49.2. The molecule has 0 aliphatic heterocycles. The molecule has 21 aromatic carbocycles. The summed E-state index contributed by atoms with van der Waals surface area (Å²) >= 11 is 1.86. The van der Waals surface area contributed by atoms with Gasteiger partial charge in [0, 0.05) is 87.2 Å². The van der Waals surface area contributed by atoms with E-state index in [1.54, 1.807) is 0 Å². The second-order valence-electron chi connectivity index (χ2n) is 34.8. The summed E-state index contributed by atoms with van der Waals surface area (Å²) in [6, 6.07) is 170. The Kier molecular flexibility index (Phi) is 21.6. The molecule has 0 N–H and O–H groups in total. The summed E-state index contributed by atoms with van der Waals surface area (Å²) in [5.74, 6) is 6.60. The van der Waals surface area contributed by atoms with Gasteiger partial charge in [-0.05, 0) is 170 Å². The molecule has 654 valence electrons. The number of aromatic nitrogens is 11. The van der Waals surface area contributed by atoms with E-state index < -0.39 is 0 Å². The van der Waals surface area contributed by atoms with Crippen LogP contribution in [0.4, 0.5) is 0 Å². The van der Waals surface area contributed by atoms with Gasteiger partial charge < -0.3 is 0 Å². The van der Waals surface area contributed by atoms with Crippen LogP contribution < -0.4 is 0 Å². The fourth-order valence-electron chi connectivity index (χ4n) is 19.6. The van der Waals surface area contributed by atoms with Crippen molar-refractivity contribution >= 4 is 118 Å². The van der Waals surface area contributed by atoms with Gasteiger partial charge in [0.1, 0.15) is 5.82 Å². The Morgan fingerprint density at radius 2 is 0.407 bits per heavy atom. The normalized spacial score (nSPS) is 11.4. The van der Waals surface area contributed by atoms with E-state index in [1.807, 2.05) is 200 Å². The first-order valence-corrected chi connectivity index (χ1v) is 47.7. The number of para-hydroxylation sites is 1. The molecule has 0 amide bonds. The Hall–Kier alpha value is -18.6. The Morgan fingerprint density at radius 3 is 0.786 bits per heavy atom. The fraction of sp³-hybridized carbons (Fsp3) is 0. The number of nitrogens with zero attached hydrogens (tertiary/aromatic N) is 11. The van der Waals surface area contributed by atoms with Crippen LogP contribution in [-0.4, -0.2) is 54.4 Å². The Balaban J connectivity index is 0.000000111. The highest BCUT2D eigenvalue weighted by Crippen LogP contribution is 2.46. The highest BCUT2D eigenvalue weighted by atomic mass is 32.1. The summed E-state index contributed by atoms with van der Waals surface area (Å²) in [6.45, 7) is 0. The van der Waals surface area contributed by atoms with Crippen molar-refractivity contribution in [1.29, 1.82) is 0 Å². The summed E-state index contributed by atoms with van der Waals surface area (Å²) in [6.07, 6.45) is 1.87. The third-order valence-corrected chi connectivity index (χ3v) is 27.5. The maximum absolute atomic E-state index is 5.05. The van der Waals surface area contributed by atoms with E-state index in [4.69, 9.17) is 49.8 Å². The molecule has 0 bridgehead atoms. The molecule has 0 saturated carbocycles. The van der Waals surface area contributed by atoms with Gasteiger partial charge in [0.05, 0.1) is 11.0 Å². The zero-order valence-electron chi connectivity index (χ0n) is 75.6. The molecular formula is C128H81N11S. The van der Waals surface area contributed by atoms with Crippen molar-refractivity contribution in [3.63, 3.8) is 0 Å². The number of benzene rings is 21. The quantitative estimate of drug-likeness (QED) is 0.0969. The third-order valence-electron chi connectivity index (χ3n) is 26.3. The van der Waals surface area contributed by atoms with E-state index in [0.29, 0.717) is 52.4 Å². The molecule has 6 aromatic heterocycles. The van der Waals surface area contributed by atoms with Crippen LogP contribution in [0.2, 0.25) is 0 Å². The van der Waals surface area contributed by atoms with Gasteiger partial charge in [0.2, 0.25) is 0 Å². The molecule has 0 aliphatic carbocycles. The number of pyridine rings is 1. The molecule has 27 aromatic rings. The van der Waals surface area contributed by atoms with Gasteiger partial charge in [-0.3, -0.25) is 4.57 Å². The molecular weight excluding hydrogens is 1720 g/mol. The molecule has 0 saturated heterocycles. The fourth-order valence-corrected chi connectivity index (χ4v) is 20.8. The van der Waals surface area contributed by atoms with Crippen molar-refractivity contribution in [2.24, 2.45) is 0 Å². The summed E-state index contributed by atoms with van der Waals surface area (Å²) in [5.41, 5.74) is 20.0. The average Bonchev–Trinajstić information content (AvgIpc) is 1.45. The molecule has 12 heteroatoms.